The second kappa shape index (κ2) is 4.79. The van der Waals surface area contributed by atoms with Crippen molar-refractivity contribution in [2.75, 3.05) is 6.61 Å². The van der Waals surface area contributed by atoms with Gasteiger partial charge in [-0.3, -0.25) is 4.79 Å². The number of hydrogen-bond donors (Lipinski definition) is 2. The van der Waals surface area contributed by atoms with Crippen molar-refractivity contribution in [2.45, 2.75) is 25.3 Å². The summed E-state index contributed by atoms with van der Waals surface area (Å²) in [6.07, 6.45) is 2.07. The number of benzene rings is 1. The number of nitrogens with one attached hydrogen (secondary N) is 1. The standard InChI is InChI=1S/C15H16ClNO3/c1-15(8-18,10-2-3-10)17-14(19)13-7-9-6-11(16)4-5-12(9)20-13/h4-7,10,18H,2-3,8H2,1H3,(H,17,19). The lowest BCUT2D eigenvalue weighted by Gasteiger charge is -2.28. The van der Waals surface area contributed by atoms with Crippen molar-refractivity contribution in [2.24, 2.45) is 5.92 Å². The lowest BCUT2D eigenvalue weighted by Crippen LogP contribution is -2.50. The molecule has 1 atom stereocenters. The Kier molecular flexibility index (Phi) is 3.22. The number of carbonyl (C=O) groups is 1. The third-order valence-corrected chi connectivity index (χ3v) is 4.14. The molecule has 3 rings (SSSR count). The molecule has 1 amide bonds. The summed E-state index contributed by atoms with van der Waals surface area (Å²) in [5.41, 5.74) is 0.0462. The van der Waals surface area contributed by atoms with Gasteiger partial charge in [0, 0.05) is 10.4 Å². The maximum Gasteiger partial charge on any atom is 0.287 e. The molecule has 1 aromatic carbocycles. The van der Waals surface area contributed by atoms with Gasteiger partial charge in [0.1, 0.15) is 5.58 Å². The molecule has 0 saturated heterocycles. The Hall–Kier alpha value is -1.52. The minimum absolute atomic E-state index is 0.0739. The van der Waals surface area contributed by atoms with Gasteiger partial charge in [-0.25, -0.2) is 0 Å². The first kappa shape index (κ1) is 13.5. The molecule has 1 aliphatic rings. The van der Waals surface area contributed by atoms with Gasteiger partial charge in [0.05, 0.1) is 12.1 Å². The minimum atomic E-state index is -0.576. The van der Waals surface area contributed by atoms with E-state index >= 15 is 0 Å². The Balaban J connectivity index is 1.85. The highest BCUT2D eigenvalue weighted by molar-refractivity contribution is 6.31. The third-order valence-electron chi connectivity index (χ3n) is 3.91. The lowest BCUT2D eigenvalue weighted by atomic mass is 9.97. The average molecular weight is 294 g/mol. The average Bonchev–Trinajstić information content (AvgIpc) is 3.19. The van der Waals surface area contributed by atoms with Crippen molar-refractivity contribution in [3.63, 3.8) is 0 Å². The van der Waals surface area contributed by atoms with Crippen LogP contribution in [0.2, 0.25) is 5.02 Å². The van der Waals surface area contributed by atoms with E-state index in [4.69, 9.17) is 16.0 Å². The van der Waals surface area contributed by atoms with Crippen molar-refractivity contribution in [3.05, 3.63) is 35.0 Å². The second-order valence-corrected chi connectivity index (χ2v) is 6.03. The van der Waals surface area contributed by atoms with Crippen molar-refractivity contribution >= 4 is 28.5 Å². The monoisotopic (exact) mass is 293 g/mol. The van der Waals surface area contributed by atoms with Crippen LogP contribution >= 0.6 is 11.6 Å². The fraction of sp³-hybridized carbons (Fsp3) is 0.400. The Morgan fingerprint density at radius 3 is 2.90 bits per heavy atom. The van der Waals surface area contributed by atoms with E-state index in [-0.39, 0.29) is 18.3 Å². The van der Waals surface area contributed by atoms with Crippen LogP contribution in [0.4, 0.5) is 0 Å². The zero-order valence-electron chi connectivity index (χ0n) is 11.1. The molecule has 0 aliphatic heterocycles. The van der Waals surface area contributed by atoms with Gasteiger partial charge in [0.25, 0.3) is 5.91 Å². The van der Waals surface area contributed by atoms with Crippen LogP contribution in [0.15, 0.2) is 28.7 Å². The molecule has 0 bridgehead atoms. The third kappa shape index (κ3) is 2.41. The van der Waals surface area contributed by atoms with Crippen LogP contribution in [0.25, 0.3) is 11.0 Å². The van der Waals surface area contributed by atoms with E-state index in [1.54, 1.807) is 24.3 Å². The predicted molar refractivity (Wildman–Crippen MR) is 76.9 cm³/mol. The highest BCUT2D eigenvalue weighted by Crippen LogP contribution is 2.39. The van der Waals surface area contributed by atoms with E-state index in [0.29, 0.717) is 16.5 Å². The number of aliphatic hydroxyl groups excluding tert-OH is 1. The number of rotatable bonds is 4. The number of hydrogen-bond acceptors (Lipinski definition) is 3. The molecule has 1 heterocycles. The molecule has 1 saturated carbocycles. The molecule has 5 heteroatoms. The summed E-state index contributed by atoms with van der Waals surface area (Å²) in [4.78, 5) is 12.3. The summed E-state index contributed by atoms with van der Waals surface area (Å²) in [5, 5.41) is 13.8. The van der Waals surface area contributed by atoms with Crippen molar-refractivity contribution in [1.29, 1.82) is 0 Å². The summed E-state index contributed by atoms with van der Waals surface area (Å²) in [7, 11) is 0. The highest BCUT2D eigenvalue weighted by atomic mass is 35.5. The van der Waals surface area contributed by atoms with Gasteiger partial charge in [-0.05, 0) is 49.9 Å². The van der Waals surface area contributed by atoms with Crippen LogP contribution in [0.1, 0.15) is 30.3 Å². The van der Waals surface area contributed by atoms with Crippen LogP contribution in [0, 0.1) is 5.92 Å². The first-order chi connectivity index (χ1) is 9.51. The lowest BCUT2D eigenvalue weighted by molar-refractivity contribution is 0.0799. The molecule has 4 nitrogen and oxygen atoms in total. The highest BCUT2D eigenvalue weighted by Gasteiger charge is 2.42. The molecule has 1 aliphatic carbocycles. The van der Waals surface area contributed by atoms with Gasteiger partial charge >= 0.3 is 0 Å². The molecule has 0 radical (unpaired) electrons. The number of fused-ring (bicyclic) bond motifs is 1. The molecule has 1 unspecified atom stereocenters. The summed E-state index contributed by atoms with van der Waals surface area (Å²) >= 11 is 5.91. The van der Waals surface area contributed by atoms with Crippen LogP contribution in [-0.4, -0.2) is 23.2 Å². The second-order valence-electron chi connectivity index (χ2n) is 5.60. The maximum absolute atomic E-state index is 12.3. The van der Waals surface area contributed by atoms with Gasteiger partial charge < -0.3 is 14.8 Å². The summed E-state index contributed by atoms with van der Waals surface area (Å²) in [5.74, 6) is 0.277. The quantitative estimate of drug-likeness (QED) is 0.911. The fourth-order valence-corrected chi connectivity index (χ4v) is 2.62. The smallest absolute Gasteiger partial charge is 0.287 e. The van der Waals surface area contributed by atoms with E-state index < -0.39 is 5.54 Å². The Morgan fingerprint density at radius 1 is 1.50 bits per heavy atom. The van der Waals surface area contributed by atoms with Crippen molar-refractivity contribution in [3.8, 4) is 0 Å². The molecule has 2 aromatic rings. The number of aliphatic hydroxyl groups is 1. The summed E-state index contributed by atoms with van der Waals surface area (Å²) in [6, 6.07) is 6.88. The van der Waals surface area contributed by atoms with E-state index in [1.165, 1.54) is 0 Å². The molecule has 1 aromatic heterocycles. The topological polar surface area (TPSA) is 62.5 Å². The number of furan rings is 1. The Labute approximate surface area is 121 Å². The molecular formula is C15H16ClNO3. The fourth-order valence-electron chi connectivity index (χ4n) is 2.44. The molecule has 20 heavy (non-hydrogen) atoms. The molecule has 106 valence electrons. The maximum atomic E-state index is 12.3. The largest absolute Gasteiger partial charge is 0.451 e. The first-order valence-corrected chi connectivity index (χ1v) is 7.02. The summed E-state index contributed by atoms with van der Waals surface area (Å²) < 4.78 is 5.52. The van der Waals surface area contributed by atoms with Gasteiger partial charge in [-0.2, -0.15) is 0 Å². The molecular weight excluding hydrogens is 278 g/mol. The zero-order chi connectivity index (χ0) is 14.3. The normalized spacial score (nSPS) is 17.9. The zero-order valence-corrected chi connectivity index (χ0v) is 11.9. The predicted octanol–water partition coefficient (Wildman–Crippen LogP) is 2.98. The molecule has 2 N–H and O–H groups in total. The molecule has 1 fully saturated rings. The van der Waals surface area contributed by atoms with E-state index in [0.717, 1.165) is 18.2 Å². The number of carbonyl (C=O) groups excluding carboxylic acids is 1. The number of halogens is 1. The van der Waals surface area contributed by atoms with E-state index in [2.05, 4.69) is 5.32 Å². The first-order valence-electron chi connectivity index (χ1n) is 6.64. The SMILES string of the molecule is CC(CO)(NC(=O)c1cc2cc(Cl)ccc2o1)C1CC1. The van der Waals surface area contributed by atoms with Gasteiger partial charge in [0.15, 0.2) is 5.76 Å². The van der Waals surface area contributed by atoms with Crippen LogP contribution in [0.5, 0.6) is 0 Å². The van der Waals surface area contributed by atoms with Gasteiger partial charge in [0.2, 0.25) is 0 Å². The van der Waals surface area contributed by atoms with E-state index in [1.807, 2.05) is 6.92 Å². The van der Waals surface area contributed by atoms with E-state index in [9.17, 15) is 9.90 Å². The van der Waals surface area contributed by atoms with Crippen molar-refractivity contribution < 1.29 is 14.3 Å². The van der Waals surface area contributed by atoms with Gasteiger partial charge in [-0.1, -0.05) is 11.6 Å². The Bertz CT molecular complexity index is 662. The van der Waals surface area contributed by atoms with Crippen LogP contribution < -0.4 is 5.32 Å². The minimum Gasteiger partial charge on any atom is -0.451 e. The Morgan fingerprint density at radius 2 is 2.25 bits per heavy atom. The summed E-state index contributed by atoms with van der Waals surface area (Å²) in [6.45, 7) is 1.79. The van der Waals surface area contributed by atoms with Crippen molar-refractivity contribution in [1.82, 2.24) is 5.32 Å². The van der Waals surface area contributed by atoms with Crippen LogP contribution in [0.3, 0.4) is 0 Å². The van der Waals surface area contributed by atoms with Gasteiger partial charge in [-0.15, -0.1) is 0 Å². The molecule has 0 spiro atoms. The number of amides is 1. The van der Waals surface area contributed by atoms with Crippen LogP contribution in [-0.2, 0) is 0 Å².